The van der Waals surface area contributed by atoms with Crippen LogP contribution in [0.5, 0.6) is 0 Å². The maximum Gasteiger partial charge on any atom is 0.271 e. The van der Waals surface area contributed by atoms with Crippen LogP contribution in [0.1, 0.15) is 48.8 Å². The summed E-state index contributed by atoms with van der Waals surface area (Å²) in [6.07, 6.45) is 5.95. The first-order valence-electron chi connectivity index (χ1n) is 7.17. The Morgan fingerprint density at radius 3 is 2.68 bits per heavy atom. The molecule has 3 N–H and O–H groups in total. The molecule has 0 atom stereocenters. The molecule has 0 radical (unpaired) electrons. The number of amides is 1. The average Bonchev–Trinajstić information content (AvgIpc) is 3.25. The van der Waals surface area contributed by atoms with Crippen LogP contribution < -0.4 is 11.1 Å². The van der Waals surface area contributed by atoms with Gasteiger partial charge in [0.2, 0.25) is 0 Å². The van der Waals surface area contributed by atoms with Crippen LogP contribution in [0.25, 0.3) is 0 Å². The fourth-order valence-electron chi connectivity index (χ4n) is 3.05. The van der Waals surface area contributed by atoms with Gasteiger partial charge in [-0.2, -0.15) is 5.10 Å². The monoisotopic (exact) mass is 262 g/mol. The Labute approximate surface area is 113 Å². The first-order valence-corrected chi connectivity index (χ1v) is 7.17. The van der Waals surface area contributed by atoms with Gasteiger partial charge in [-0.05, 0) is 43.4 Å². The number of anilines is 1. The van der Waals surface area contributed by atoms with Crippen molar-refractivity contribution in [3.05, 3.63) is 11.4 Å². The minimum Gasteiger partial charge on any atom is -0.395 e. The van der Waals surface area contributed by atoms with Crippen molar-refractivity contribution in [2.75, 3.05) is 12.3 Å². The standard InChI is InChI=1S/C14H22N4O/c1-3-10-11(15)12(18(2)17-10)13(19)16-8-14(6-7-14)9-4-5-9/h9H,3-8,15H2,1-2H3,(H,16,19). The van der Waals surface area contributed by atoms with Gasteiger partial charge in [-0.1, -0.05) is 6.92 Å². The summed E-state index contributed by atoms with van der Waals surface area (Å²) in [5.74, 6) is 0.766. The highest BCUT2D eigenvalue weighted by Crippen LogP contribution is 2.60. The van der Waals surface area contributed by atoms with Gasteiger partial charge in [0.15, 0.2) is 0 Å². The molecule has 5 heteroatoms. The average molecular weight is 262 g/mol. The number of aryl methyl sites for hydroxylation is 2. The van der Waals surface area contributed by atoms with E-state index in [9.17, 15) is 4.79 Å². The summed E-state index contributed by atoms with van der Waals surface area (Å²) in [5.41, 5.74) is 8.24. The van der Waals surface area contributed by atoms with Crippen molar-refractivity contribution >= 4 is 11.6 Å². The van der Waals surface area contributed by atoms with E-state index >= 15 is 0 Å². The molecule has 2 fully saturated rings. The SMILES string of the molecule is CCc1nn(C)c(C(=O)NCC2(C3CC3)CC2)c1N. The number of nitrogens with one attached hydrogen (secondary N) is 1. The van der Waals surface area contributed by atoms with Gasteiger partial charge < -0.3 is 11.1 Å². The van der Waals surface area contributed by atoms with Gasteiger partial charge in [-0.15, -0.1) is 0 Å². The lowest BCUT2D eigenvalue weighted by molar-refractivity contribution is 0.0934. The smallest absolute Gasteiger partial charge is 0.271 e. The van der Waals surface area contributed by atoms with Gasteiger partial charge in [0.1, 0.15) is 5.69 Å². The third-order valence-electron chi connectivity index (χ3n) is 4.65. The Morgan fingerprint density at radius 1 is 1.53 bits per heavy atom. The van der Waals surface area contributed by atoms with Crippen LogP contribution in [-0.4, -0.2) is 22.2 Å². The molecule has 2 saturated carbocycles. The van der Waals surface area contributed by atoms with Crippen LogP contribution in [0.15, 0.2) is 0 Å². The zero-order chi connectivity index (χ0) is 13.6. The Kier molecular flexibility index (Phi) is 2.80. The molecule has 0 saturated heterocycles. The Morgan fingerprint density at radius 2 is 2.21 bits per heavy atom. The summed E-state index contributed by atoms with van der Waals surface area (Å²) in [5, 5.41) is 7.35. The fourth-order valence-corrected chi connectivity index (χ4v) is 3.05. The van der Waals surface area contributed by atoms with Crippen molar-refractivity contribution in [2.45, 2.75) is 39.0 Å². The predicted octanol–water partition coefficient (Wildman–Crippen LogP) is 1.48. The molecule has 1 amide bonds. The van der Waals surface area contributed by atoms with E-state index in [1.807, 2.05) is 6.92 Å². The molecule has 1 aromatic heterocycles. The van der Waals surface area contributed by atoms with Crippen LogP contribution in [0, 0.1) is 11.3 Å². The summed E-state index contributed by atoms with van der Waals surface area (Å²) < 4.78 is 1.60. The van der Waals surface area contributed by atoms with Crippen LogP contribution in [0.4, 0.5) is 5.69 Å². The summed E-state index contributed by atoms with van der Waals surface area (Å²) in [7, 11) is 1.78. The Hall–Kier alpha value is -1.52. The number of nitrogens with two attached hydrogens (primary N) is 1. The molecule has 3 rings (SSSR count). The van der Waals surface area contributed by atoms with E-state index in [1.165, 1.54) is 25.7 Å². The summed E-state index contributed by atoms with van der Waals surface area (Å²) in [6.45, 7) is 2.79. The van der Waals surface area contributed by atoms with Gasteiger partial charge in [0, 0.05) is 13.6 Å². The lowest BCUT2D eigenvalue weighted by Crippen LogP contribution is -2.32. The molecular formula is C14H22N4O. The van der Waals surface area contributed by atoms with Crippen molar-refractivity contribution in [3.8, 4) is 0 Å². The zero-order valence-electron chi connectivity index (χ0n) is 11.7. The third kappa shape index (κ3) is 2.11. The summed E-state index contributed by atoms with van der Waals surface area (Å²) in [6, 6.07) is 0. The second kappa shape index (κ2) is 4.25. The molecular weight excluding hydrogens is 240 g/mol. The molecule has 104 valence electrons. The number of nitrogens with zero attached hydrogens (tertiary/aromatic N) is 2. The second-order valence-electron chi connectivity index (χ2n) is 6.01. The van der Waals surface area contributed by atoms with Gasteiger partial charge in [-0.25, -0.2) is 0 Å². The van der Waals surface area contributed by atoms with Crippen LogP contribution in [-0.2, 0) is 13.5 Å². The maximum absolute atomic E-state index is 12.3. The number of rotatable bonds is 5. The molecule has 19 heavy (non-hydrogen) atoms. The molecule has 2 aliphatic carbocycles. The number of hydrogen-bond donors (Lipinski definition) is 2. The van der Waals surface area contributed by atoms with Crippen LogP contribution in [0.2, 0.25) is 0 Å². The quantitative estimate of drug-likeness (QED) is 0.844. The minimum atomic E-state index is -0.0841. The summed E-state index contributed by atoms with van der Waals surface area (Å²) >= 11 is 0. The second-order valence-corrected chi connectivity index (χ2v) is 6.01. The number of carbonyl (C=O) groups excluding carboxylic acids is 1. The zero-order valence-corrected chi connectivity index (χ0v) is 11.7. The molecule has 1 aromatic rings. The highest BCUT2D eigenvalue weighted by molar-refractivity contribution is 5.98. The molecule has 0 spiro atoms. The van der Waals surface area contributed by atoms with Gasteiger partial charge >= 0.3 is 0 Å². The van der Waals surface area contributed by atoms with E-state index < -0.39 is 0 Å². The highest BCUT2D eigenvalue weighted by Gasteiger charge is 2.53. The molecule has 0 bridgehead atoms. The van der Waals surface area contributed by atoms with E-state index in [0.29, 0.717) is 16.8 Å². The van der Waals surface area contributed by atoms with Crippen molar-refractivity contribution in [1.82, 2.24) is 15.1 Å². The van der Waals surface area contributed by atoms with Crippen molar-refractivity contribution in [2.24, 2.45) is 18.4 Å². The van der Waals surface area contributed by atoms with E-state index in [2.05, 4.69) is 10.4 Å². The van der Waals surface area contributed by atoms with E-state index in [1.54, 1.807) is 11.7 Å². The van der Waals surface area contributed by atoms with Gasteiger partial charge in [0.25, 0.3) is 5.91 Å². The lowest BCUT2D eigenvalue weighted by Gasteiger charge is -2.15. The van der Waals surface area contributed by atoms with Crippen LogP contribution in [0.3, 0.4) is 0 Å². The molecule has 5 nitrogen and oxygen atoms in total. The first kappa shape index (κ1) is 12.5. The number of nitrogen functional groups attached to an aromatic ring is 1. The van der Waals surface area contributed by atoms with Gasteiger partial charge in [0.05, 0.1) is 11.4 Å². The highest BCUT2D eigenvalue weighted by atomic mass is 16.2. The molecule has 0 unspecified atom stereocenters. The van der Waals surface area contributed by atoms with Crippen molar-refractivity contribution in [3.63, 3.8) is 0 Å². The van der Waals surface area contributed by atoms with E-state index in [0.717, 1.165) is 24.6 Å². The first-order chi connectivity index (χ1) is 9.07. The van der Waals surface area contributed by atoms with E-state index in [4.69, 9.17) is 5.73 Å². The normalized spacial score (nSPS) is 20.3. The summed E-state index contributed by atoms with van der Waals surface area (Å²) in [4.78, 5) is 12.3. The number of carbonyl (C=O) groups is 1. The Balaban J connectivity index is 1.68. The van der Waals surface area contributed by atoms with Crippen molar-refractivity contribution < 1.29 is 4.79 Å². The number of aromatic nitrogens is 2. The fraction of sp³-hybridized carbons (Fsp3) is 0.714. The molecule has 0 aromatic carbocycles. The van der Waals surface area contributed by atoms with Crippen molar-refractivity contribution in [1.29, 1.82) is 0 Å². The molecule has 1 heterocycles. The predicted molar refractivity (Wildman–Crippen MR) is 73.7 cm³/mol. The third-order valence-corrected chi connectivity index (χ3v) is 4.65. The van der Waals surface area contributed by atoms with Crippen LogP contribution >= 0.6 is 0 Å². The number of hydrogen-bond acceptors (Lipinski definition) is 3. The van der Waals surface area contributed by atoms with Gasteiger partial charge in [-0.3, -0.25) is 9.48 Å². The topological polar surface area (TPSA) is 72.9 Å². The van der Waals surface area contributed by atoms with E-state index in [-0.39, 0.29) is 5.91 Å². The lowest BCUT2D eigenvalue weighted by atomic mass is 10.0. The maximum atomic E-state index is 12.3. The minimum absolute atomic E-state index is 0.0841. The Bertz CT molecular complexity index is 512. The molecule has 0 aliphatic heterocycles. The largest absolute Gasteiger partial charge is 0.395 e. The molecule has 2 aliphatic rings.